The Balaban J connectivity index is 1.50. The fourth-order valence-electron chi connectivity index (χ4n) is 6.93. The maximum absolute atomic E-state index is 14.4. The monoisotopic (exact) mass is 591 g/mol. The summed E-state index contributed by atoms with van der Waals surface area (Å²) in [6, 6.07) is 8.90. The number of rotatable bonds is 14. The van der Waals surface area contributed by atoms with Gasteiger partial charge in [0.25, 0.3) is 0 Å². The number of nitrogens with one attached hydrogen (secondary N) is 4. The Kier molecular flexibility index (Phi) is 10.1. The van der Waals surface area contributed by atoms with Crippen LogP contribution in [0.1, 0.15) is 77.7 Å². The molecule has 10 heteroatoms. The molecular weight excluding hydrogens is 546 g/mol. The van der Waals surface area contributed by atoms with E-state index in [9.17, 15) is 24.0 Å². The van der Waals surface area contributed by atoms with Crippen LogP contribution in [0.5, 0.6) is 0 Å². The molecule has 0 spiro atoms. The number of hydrogen-bond donors (Lipinski definition) is 5. The molecule has 1 saturated carbocycles. The summed E-state index contributed by atoms with van der Waals surface area (Å²) in [7, 11) is 0. The second-order valence-electron chi connectivity index (χ2n) is 12.7. The minimum Gasteiger partial charge on any atom is -0.378 e. The van der Waals surface area contributed by atoms with Gasteiger partial charge in [-0.15, -0.1) is 0 Å². The lowest BCUT2D eigenvalue weighted by molar-refractivity contribution is -0.129. The Morgan fingerprint density at radius 3 is 2.35 bits per heavy atom. The van der Waals surface area contributed by atoms with Crippen LogP contribution in [0.2, 0.25) is 0 Å². The first kappa shape index (κ1) is 32.0. The van der Waals surface area contributed by atoms with E-state index < -0.39 is 23.0 Å². The van der Waals surface area contributed by atoms with Crippen molar-refractivity contribution in [3.8, 4) is 0 Å². The molecule has 4 rings (SSSR count). The molecule has 0 aromatic heterocycles. The molecule has 1 aromatic rings. The van der Waals surface area contributed by atoms with E-state index >= 15 is 0 Å². The normalized spacial score (nSPS) is 24.3. The molecular formula is C33H45N5O5. The molecule has 2 aliphatic heterocycles. The average Bonchev–Trinajstić information content (AvgIpc) is 3.66. The van der Waals surface area contributed by atoms with Gasteiger partial charge in [0, 0.05) is 43.4 Å². The minimum absolute atomic E-state index is 0.131. The summed E-state index contributed by atoms with van der Waals surface area (Å²) < 4.78 is 0. The molecule has 3 atom stereocenters. The first-order chi connectivity index (χ1) is 20.5. The van der Waals surface area contributed by atoms with Gasteiger partial charge < -0.3 is 27.0 Å². The number of Topliss-reactive ketones (excluding diaryl/α,β-unsaturated/α-hetero) is 2. The van der Waals surface area contributed by atoms with Crippen molar-refractivity contribution < 1.29 is 24.0 Å². The van der Waals surface area contributed by atoms with Crippen LogP contribution in [0, 0.1) is 11.8 Å². The molecule has 0 saturated heterocycles. The van der Waals surface area contributed by atoms with Crippen molar-refractivity contribution in [1.82, 2.24) is 21.3 Å². The van der Waals surface area contributed by atoms with Crippen molar-refractivity contribution in [2.45, 2.75) is 95.7 Å². The number of benzene rings is 1. The van der Waals surface area contributed by atoms with Gasteiger partial charge in [-0.1, -0.05) is 57.0 Å². The highest BCUT2D eigenvalue weighted by Gasteiger charge is 2.55. The Morgan fingerprint density at radius 1 is 1.02 bits per heavy atom. The van der Waals surface area contributed by atoms with Crippen molar-refractivity contribution in [3.63, 3.8) is 0 Å². The third-order valence-corrected chi connectivity index (χ3v) is 8.83. The molecule has 1 fully saturated rings. The quantitative estimate of drug-likeness (QED) is 0.208. The van der Waals surface area contributed by atoms with Crippen molar-refractivity contribution in [2.75, 3.05) is 6.54 Å². The molecule has 0 bridgehead atoms. The first-order valence-electron chi connectivity index (χ1n) is 15.4. The number of carbonyl (C=O) groups excluding carboxylic acids is 5. The highest BCUT2D eigenvalue weighted by molar-refractivity contribution is 6.18. The molecule has 6 N–H and O–H groups in total. The molecule has 3 amide bonds. The summed E-state index contributed by atoms with van der Waals surface area (Å²) in [5.41, 5.74) is 4.54. The van der Waals surface area contributed by atoms with Gasteiger partial charge in [0.2, 0.25) is 17.7 Å². The van der Waals surface area contributed by atoms with Crippen molar-refractivity contribution in [3.05, 3.63) is 59.4 Å². The average molecular weight is 592 g/mol. The van der Waals surface area contributed by atoms with Gasteiger partial charge in [-0.05, 0) is 49.5 Å². The second-order valence-corrected chi connectivity index (χ2v) is 12.7. The van der Waals surface area contributed by atoms with Crippen molar-refractivity contribution in [1.29, 1.82) is 0 Å². The zero-order chi connectivity index (χ0) is 31.2. The largest absolute Gasteiger partial charge is 0.378 e. The van der Waals surface area contributed by atoms with Gasteiger partial charge in [-0.2, -0.15) is 0 Å². The van der Waals surface area contributed by atoms with Crippen molar-refractivity contribution >= 4 is 29.3 Å². The summed E-state index contributed by atoms with van der Waals surface area (Å²) in [6.07, 6.45) is 8.61. The van der Waals surface area contributed by atoms with Crippen LogP contribution in [-0.2, 0) is 30.4 Å². The minimum atomic E-state index is -1.37. The fraction of sp³-hybridized carbons (Fsp3) is 0.545. The summed E-state index contributed by atoms with van der Waals surface area (Å²) in [4.78, 5) is 64.8. The van der Waals surface area contributed by atoms with Crippen LogP contribution < -0.4 is 27.0 Å². The zero-order valence-electron chi connectivity index (χ0n) is 25.5. The number of amides is 3. The molecule has 1 aliphatic carbocycles. The highest BCUT2D eigenvalue weighted by atomic mass is 16.2. The SMILES string of the molecule is CC(=O)N[C@H](C(=O)NCCC[C@]1(CC(C)C)NC=C([C@]2(Cc3ccccc3)NC=C(CC(N)=O)C2=O)C1=O)C1CCCC1. The molecule has 43 heavy (non-hydrogen) atoms. The lowest BCUT2D eigenvalue weighted by Crippen LogP contribution is -2.55. The number of primary amides is 1. The lowest BCUT2D eigenvalue weighted by Gasteiger charge is -2.34. The summed E-state index contributed by atoms with van der Waals surface area (Å²) in [5.74, 6) is -1.24. The maximum Gasteiger partial charge on any atom is 0.242 e. The molecule has 10 nitrogen and oxygen atoms in total. The number of ketones is 2. The summed E-state index contributed by atoms with van der Waals surface area (Å²) >= 11 is 0. The van der Waals surface area contributed by atoms with Gasteiger partial charge in [0.15, 0.2) is 11.6 Å². The smallest absolute Gasteiger partial charge is 0.242 e. The van der Waals surface area contributed by atoms with Crippen LogP contribution >= 0.6 is 0 Å². The number of hydrogen-bond acceptors (Lipinski definition) is 7. The third kappa shape index (κ3) is 7.17. The van der Waals surface area contributed by atoms with Gasteiger partial charge >= 0.3 is 0 Å². The molecule has 1 aromatic carbocycles. The topological polar surface area (TPSA) is 159 Å². The van der Waals surface area contributed by atoms with E-state index in [2.05, 4.69) is 21.3 Å². The van der Waals surface area contributed by atoms with Crippen LogP contribution in [0.25, 0.3) is 0 Å². The first-order valence-corrected chi connectivity index (χ1v) is 15.4. The van der Waals surface area contributed by atoms with E-state index in [4.69, 9.17) is 5.73 Å². The molecule has 0 unspecified atom stereocenters. The Labute approximate surface area is 253 Å². The van der Waals surface area contributed by atoms with E-state index in [0.29, 0.717) is 31.4 Å². The van der Waals surface area contributed by atoms with Gasteiger partial charge in [0.1, 0.15) is 17.1 Å². The zero-order valence-corrected chi connectivity index (χ0v) is 25.5. The van der Waals surface area contributed by atoms with E-state index in [1.54, 1.807) is 6.20 Å². The Morgan fingerprint density at radius 2 is 1.72 bits per heavy atom. The number of nitrogens with two attached hydrogens (primary N) is 1. The van der Waals surface area contributed by atoms with E-state index in [-0.39, 0.29) is 53.6 Å². The second kappa shape index (κ2) is 13.6. The predicted octanol–water partition coefficient (Wildman–Crippen LogP) is 2.33. The molecule has 232 valence electrons. The van der Waals surface area contributed by atoms with E-state index in [1.807, 2.05) is 44.2 Å². The van der Waals surface area contributed by atoms with Crippen LogP contribution in [0.4, 0.5) is 0 Å². The maximum atomic E-state index is 14.4. The predicted molar refractivity (Wildman–Crippen MR) is 163 cm³/mol. The van der Waals surface area contributed by atoms with Gasteiger partial charge in [0.05, 0.1) is 6.42 Å². The fourth-order valence-corrected chi connectivity index (χ4v) is 6.93. The Bertz CT molecular complexity index is 1300. The standard InChI is InChI=1S/C33H45N5O5/c1-21(2)17-32(14-9-15-35-31(43)28(38-22(3)39)24-12-7-8-13-24)30(42)26(20-36-32)33(18-23-10-5-4-6-11-23)29(41)25(19-37-33)16-27(34)40/h4-6,10-11,19-21,24,28,36-37H,7-9,12-18H2,1-3H3,(H2,34,40)(H,35,43)(H,38,39)/t28-,32+,33-/m0/s1. The third-order valence-electron chi connectivity index (χ3n) is 8.83. The van der Waals surface area contributed by atoms with Crippen molar-refractivity contribution in [2.24, 2.45) is 17.6 Å². The summed E-state index contributed by atoms with van der Waals surface area (Å²) in [6.45, 7) is 5.86. The highest BCUT2D eigenvalue weighted by Crippen LogP contribution is 2.40. The summed E-state index contributed by atoms with van der Waals surface area (Å²) in [5, 5.41) is 12.4. The van der Waals surface area contributed by atoms with Crippen LogP contribution in [0.15, 0.2) is 53.9 Å². The van der Waals surface area contributed by atoms with Crippen LogP contribution in [-0.4, -0.2) is 53.0 Å². The molecule has 2 heterocycles. The van der Waals surface area contributed by atoms with E-state index in [1.165, 1.54) is 13.1 Å². The Hall–Kier alpha value is -3.95. The molecule has 0 radical (unpaired) electrons. The lowest BCUT2D eigenvalue weighted by atomic mass is 9.73. The number of carbonyl (C=O) groups is 5. The van der Waals surface area contributed by atoms with Gasteiger partial charge in [-0.25, -0.2) is 0 Å². The van der Waals surface area contributed by atoms with Crippen LogP contribution in [0.3, 0.4) is 0 Å². The molecule has 3 aliphatic rings. The van der Waals surface area contributed by atoms with E-state index in [0.717, 1.165) is 31.2 Å². The van der Waals surface area contributed by atoms with Gasteiger partial charge in [-0.3, -0.25) is 24.0 Å².